The van der Waals surface area contributed by atoms with Gasteiger partial charge in [-0.15, -0.1) is 11.3 Å². The second-order valence-corrected chi connectivity index (χ2v) is 6.46. The molecule has 0 fully saturated rings. The van der Waals surface area contributed by atoms with Crippen molar-refractivity contribution in [2.75, 3.05) is 6.54 Å². The Kier molecular flexibility index (Phi) is 4.86. The van der Waals surface area contributed by atoms with E-state index in [0.29, 0.717) is 12.1 Å². The van der Waals surface area contributed by atoms with Crippen molar-refractivity contribution in [1.29, 1.82) is 0 Å². The van der Waals surface area contributed by atoms with Crippen LogP contribution in [0.1, 0.15) is 20.9 Å². The first-order chi connectivity index (χ1) is 11.6. The summed E-state index contributed by atoms with van der Waals surface area (Å²) in [7, 11) is 0. The number of carbonyl (C=O) groups is 1. The molecule has 3 aromatic rings. The maximum atomic E-state index is 11.9. The van der Waals surface area contributed by atoms with Gasteiger partial charge in [0.25, 0.3) is 5.91 Å². The molecule has 1 amide bonds. The molecule has 3 rings (SSSR count). The van der Waals surface area contributed by atoms with Crippen LogP contribution in [0.3, 0.4) is 0 Å². The first-order valence-corrected chi connectivity index (χ1v) is 8.48. The number of carbonyl (C=O) groups excluding carboxylic acids is 1. The molecule has 0 saturated carbocycles. The summed E-state index contributed by atoms with van der Waals surface area (Å²) in [5.74, 6) is -0.194. The predicted octanol–water partition coefficient (Wildman–Crippen LogP) is 2.78. The Morgan fingerprint density at radius 2 is 2.00 bits per heavy atom. The van der Waals surface area contributed by atoms with Gasteiger partial charge in [0.05, 0.1) is 16.3 Å². The Morgan fingerprint density at radius 1 is 1.21 bits per heavy atom. The topological polar surface area (TPSA) is 74.8 Å². The lowest BCUT2D eigenvalue weighted by Gasteiger charge is -2.06. The number of amides is 1. The molecule has 0 saturated heterocycles. The minimum atomic E-state index is -0.220. The average Bonchev–Trinajstić information content (AvgIpc) is 3.02. The largest absolute Gasteiger partial charge is 0.352 e. The van der Waals surface area contributed by atoms with Crippen LogP contribution in [0.25, 0.3) is 11.3 Å². The number of aryl methyl sites for hydroxylation is 1. The summed E-state index contributed by atoms with van der Waals surface area (Å²) in [6, 6.07) is 11.1. The third kappa shape index (κ3) is 3.97. The average molecular weight is 339 g/mol. The molecule has 5 nitrogen and oxygen atoms in total. The van der Waals surface area contributed by atoms with Gasteiger partial charge in [0, 0.05) is 29.8 Å². The third-order valence-corrected chi connectivity index (χ3v) is 4.39. The van der Waals surface area contributed by atoms with Crippen molar-refractivity contribution in [1.82, 2.24) is 15.3 Å². The smallest absolute Gasteiger partial charge is 0.252 e. The highest BCUT2D eigenvalue weighted by atomic mass is 32.1. The monoisotopic (exact) mass is 339 g/mol. The number of rotatable bonds is 5. The van der Waals surface area contributed by atoms with E-state index < -0.39 is 0 Å². The number of hydrogen-bond acceptors (Lipinski definition) is 4. The fourth-order valence-electron chi connectivity index (χ4n) is 2.31. The van der Waals surface area contributed by atoms with Gasteiger partial charge >= 0.3 is 0 Å². The molecule has 0 aliphatic rings. The molecule has 0 atom stereocenters. The van der Waals surface area contributed by atoms with Crippen LogP contribution in [-0.2, 0) is 6.42 Å². The number of hydrogen-bond donors (Lipinski definition) is 2. The van der Waals surface area contributed by atoms with Crippen molar-refractivity contribution >= 4 is 17.2 Å². The number of benzene rings is 1. The molecule has 0 spiro atoms. The highest BCUT2D eigenvalue weighted by Gasteiger charge is 2.05. The van der Waals surface area contributed by atoms with E-state index in [1.165, 1.54) is 18.3 Å². The Hall–Kier alpha value is -2.73. The lowest BCUT2D eigenvalue weighted by molar-refractivity contribution is 0.0953. The van der Waals surface area contributed by atoms with E-state index in [4.69, 9.17) is 0 Å². The maximum absolute atomic E-state index is 11.9. The highest BCUT2D eigenvalue weighted by Crippen LogP contribution is 2.21. The van der Waals surface area contributed by atoms with Crippen molar-refractivity contribution in [3.63, 3.8) is 0 Å². The fourth-order valence-corrected chi connectivity index (χ4v) is 2.93. The van der Waals surface area contributed by atoms with E-state index in [1.54, 1.807) is 11.3 Å². The van der Waals surface area contributed by atoms with Crippen LogP contribution in [0.2, 0.25) is 0 Å². The second kappa shape index (κ2) is 7.23. The minimum Gasteiger partial charge on any atom is -0.352 e. The SMILES string of the molecule is Cc1nc(-c2ccc(CCNC(=O)c3ccc(=O)[nH]c3)cc2)cs1. The molecular weight excluding hydrogens is 322 g/mol. The molecule has 2 N–H and O–H groups in total. The van der Waals surface area contributed by atoms with Gasteiger partial charge in [0.2, 0.25) is 5.56 Å². The molecule has 0 aliphatic carbocycles. The number of nitrogens with zero attached hydrogens (tertiary/aromatic N) is 1. The molecular formula is C18H17N3O2S. The summed E-state index contributed by atoms with van der Waals surface area (Å²) in [6.07, 6.45) is 2.16. The molecule has 1 aromatic carbocycles. The van der Waals surface area contributed by atoms with Gasteiger partial charge in [0.15, 0.2) is 0 Å². The van der Waals surface area contributed by atoms with Crippen molar-refractivity contribution in [2.24, 2.45) is 0 Å². The fraction of sp³-hybridized carbons (Fsp3) is 0.167. The van der Waals surface area contributed by atoms with E-state index in [9.17, 15) is 9.59 Å². The first kappa shape index (κ1) is 16.1. The van der Waals surface area contributed by atoms with E-state index >= 15 is 0 Å². The van der Waals surface area contributed by atoms with Gasteiger partial charge in [0.1, 0.15) is 0 Å². The normalized spacial score (nSPS) is 10.5. The zero-order valence-corrected chi connectivity index (χ0v) is 14.0. The molecule has 0 bridgehead atoms. The minimum absolute atomic E-state index is 0.194. The number of aromatic amines is 1. The van der Waals surface area contributed by atoms with Gasteiger partial charge in [-0.1, -0.05) is 24.3 Å². The Morgan fingerprint density at radius 3 is 2.62 bits per heavy atom. The summed E-state index contributed by atoms with van der Waals surface area (Å²) in [6.45, 7) is 2.53. The molecule has 0 unspecified atom stereocenters. The van der Waals surface area contributed by atoms with Gasteiger partial charge < -0.3 is 10.3 Å². The van der Waals surface area contributed by atoms with Crippen LogP contribution in [0.5, 0.6) is 0 Å². The third-order valence-electron chi connectivity index (χ3n) is 3.61. The van der Waals surface area contributed by atoms with Crippen LogP contribution in [-0.4, -0.2) is 22.4 Å². The maximum Gasteiger partial charge on any atom is 0.252 e. The summed E-state index contributed by atoms with van der Waals surface area (Å²) >= 11 is 1.64. The van der Waals surface area contributed by atoms with Gasteiger partial charge in [-0.2, -0.15) is 0 Å². The van der Waals surface area contributed by atoms with Crippen LogP contribution in [0, 0.1) is 6.92 Å². The molecule has 0 radical (unpaired) electrons. The standard InChI is InChI=1S/C18H17N3O2S/c1-12-21-16(11-24-12)14-4-2-13(3-5-14)8-9-19-18(23)15-6-7-17(22)20-10-15/h2-7,10-11H,8-9H2,1H3,(H,19,23)(H,20,22). The van der Waals surface area contributed by atoms with Crippen molar-refractivity contribution in [3.05, 3.63) is 74.5 Å². The van der Waals surface area contributed by atoms with Gasteiger partial charge in [-0.3, -0.25) is 9.59 Å². The quantitative estimate of drug-likeness (QED) is 0.750. The summed E-state index contributed by atoms with van der Waals surface area (Å²) in [5, 5.41) is 5.95. The molecule has 0 aliphatic heterocycles. The molecule has 2 heterocycles. The molecule has 2 aromatic heterocycles. The number of thiazole rings is 1. The zero-order valence-electron chi connectivity index (χ0n) is 13.2. The van der Waals surface area contributed by atoms with Crippen LogP contribution < -0.4 is 10.9 Å². The van der Waals surface area contributed by atoms with Crippen molar-refractivity contribution < 1.29 is 4.79 Å². The van der Waals surface area contributed by atoms with Crippen LogP contribution in [0.4, 0.5) is 0 Å². The Bertz CT molecular complexity index is 877. The van der Waals surface area contributed by atoms with Crippen LogP contribution in [0.15, 0.2) is 52.8 Å². The van der Waals surface area contributed by atoms with E-state index in [1.807, 2.05) is 19.1 Å². The number of nitrogens with one attached hydrogen (secondary N) is 2. The van der Waals surface area contributed by atoms with Gasteiger partial charge in [-0.05, 0) is 25.0 Å². The predicted molar refractivity (Wildman–Crippen MR) is 95.4 cm³/mol. The lowest BCUT2D eigenvalue weighted by Crippen LogP contribution is -2.26. The van der Waals surface area contributed by atoms with E-state index in [0.717, 1.165) is 28.2 Å². The zero-order chi connectivity index (χ0) is 16.9. The van der Waals surface area contributed by atoms with E-state index in [2.05, 4.69) is 32.8 Å². The van der Waals surface area contributed by atoms with Crippen LogP contribution >= 0.6 is 11.3 Å². The number of pyridine rings is 1. The summed E-state index contributed by atoms with van der Waals surface area (Å²) in [4.78, 5) is 29.9. The molecule has 6 heteroatoms. The second-order valence-electron chi connectivity index (χ2n) is 5.40. The Balaban J connectivity index is 1.54. The molecule has 122 valence electrons. The first-order valence-electron chi connectivity index (χ1n) is 7.60. The van der Waals surface area contributed by atoms with Gasteiger partial charge in [-0.25, -0.2) is 4.98 Å². The lowest BCUT2D eigenvalue weighted by atomic mass is 10.1. The van der Waals surface area contributed by atoms with E-state index in [-0.39, 0.29) is 11.5 Å². The highest BCUT2D eigenvalue weighted by molar-refractivity contribution is 7.09. The Labute approximate surface area is 143 Å². The number of H-pyrrole nitrogens is 1. The van der Waals surface area contributed by atoms with Crippen molar-refractivity contribution in [2.45, 2.75) is 13.3 Å². The van der Waals surface area contributed by atoms with Crippen molar-refractivity contribution in [3.8, 4) is 11.3 Å². The summed E-state index contributed by atoms with van der Waals surface area (Å²) in [5.41, 5.74) is 3.47. The molecule has 24 heavy (non-hydrogen) atoms. The summed E-state index contributed by atoms with van der Waals surface area (Å²) < 4.78 is 0. The number of aromatic nitrogens is 2.